The Labute approximate surface area is 160 Å². The Morgan fingerprint density at radius 3 is 2.26 bits per heavy atom. The van der Waals surface area contributed by atoms with Crippen LogP contribution in [0, 0.1) is 5.92 Å². The molecule has 0 radical (unpaired) electrons. The molecule has 2 rings (SSSR count). The normalized spacial score (nSPS) is 11.6. The molecule has 0 aromatic heterocycles. The summed E-state index contributed by atoms with van der Waals surface area (Å²) in [7, 11) is 0. The molecule has 0 aliphatic rings. The van der Waals surface area contributed by atoms with Gasteiger partial charge in [-0.25, -0.2) is 4.79 Å². The number of rotatable bonds is 8. The summed E-state index contributed by atoms with van der Waals surface area (Å²) in [5, 5.41) is 8.50. The van der Waals surface area contributed by atoms with E-state index in [4.69, 9.17) is 4.74 Å². The van der Waals surface area contributed by atoms with Crippen LogP contribution in [0.5, 0.6) is 5.75 Å². The number of amides is 3. The maximum Gasteiger partial charge on any atom is 0.319 e. The number of benzene rings is 2. The Balaban J connectivity index is 1.90. The van der Waals surface area contributed by atoms with Crippen LogP contribution in [0.4, 0.5) is 10.5 Å². The van der Waals surface area contributed by atoms with E-state index in [1.165, 1.54) is 0 Å². The third-order valence-corrected chi connectivity index (χ3v) is 3.97. The fraction of sp³-hybridized carbons (Fsp3) is 0.333. The number of carbonyl (C=O) groups is 2. The van der Waals surface area contributed by atoms with Gasteiger partial charge < -0.3 is 20.7 Å². The largest absolute Gasteiger partial charge is 0.484 e. The molecule has 0 saturated carbocycles. The maximum absolute atomic E-state index is 12.4. The first kappa shape index (κ1) is 20.3. The van der Waals surface area contributed by atoms with Gasteiger partial charge in [0.2, 0.25) is 0 Å². The summed E-state index contributed by atoms with van der Waals surface area (Å²) in [4.78, 5) is 23.8. The summed E-state index contributed by atoms with van der Waals surface area (Å²) in [6.07, 6.45) is 0. The number of nitrogens with one attached hydrogen (secondary N) is 3. The second kappa shape index (κ2) is 10.2. The predicted octanol–water partition coefficient (Wildman–Crippen LogP) is 3.72. The summed E-state index contributed by atoms with van der Waals surface area (Å²) in [5.74, 6) is 0.652. The van der Waals surface area contributed by atoms with Gasteiger partial charge in [-0.05, 0) is 42.7 Å². The topological polar surface area (TPSA) is 79.5 Å². The molecule has 2 aromatic rings. The standard InChI is InChI=1S/C21H27N3O3/c1-4-22-19(25)14-27-18-12-10-17(11-13-18)23-21(26)24-20(15(2)3)16-8-6-5-7-9-16/h5-13,15,20H,4,14H2,1-3H3,(H,22,25)(H2,23,24,26)/t20-/m1/s1. The molecular formula is C21H27N3O3. The van der Waals surface area contributed by atoms with Gasteiger partial charge >= 0.3 is 6.03 Å². The van der Waals surface area contributed by atoms with E-state index in [9.17, 15) is 9.59 Å². The van der Waals surface area contributed by atoms with Crippen molar-refractivity contribution in [1.82, 2.24) is 10.6 Å². The van der Waals surface area contributed by atoms with Crippen molar-refractivity contribution in [2.45, 2.75) is 26.8 Å². The lowest BCUT2D eigenvalue weighted by Gasteiger charge is -2.23. The fourth-order valence-corrected chi connectivity index (χ4v) is 2.64. The summed E-state index contributed by atoms with van der Waals surface area (Å²) >= 11 is 0. The molecule has 144 valence electrons. The van der Waals surface area contributed by atoms with Gasteiger partial charge in [-0.15, -0.1) is 0 Å². The Kier molecular flexibility index (Phi) is 7.67. The third-order valence-electron chi connectivity index (χ3n) is 3.97. The lowest BCUT2D eigenvalue weighted by atomic mass is 9.96. The Morgan fingerprint density at radius 2 is 1.67 bits per heavy atom. The molecule has 1 atom stereocenters. The van der Waals surface area contributed by atoms with Crippen molar-refractivity contribution < 1.29 is 14.3 Å². The van der Waals surface area contributed by atoms with E-state index < -0.39 is 0 Å². The van der Waals surface area contributed by atoms with Gasteiger partial charge in [-0.3, -0.25) is 4.79 Å². The van der Waals surface area contributed by atoms with Gasteiger partial charge in [0.25, 0.3) is 5.91 Å². The molecule has 27 heavy (non-hydrogen) atoms. The Bertz CT molecular complexity index is 730. The van der Waals surface area contributed by atoms with Crippen LogP contribution in [0.3, 0.4) is 0 Å². The molecule has 2 aromatic carbocycles. The molecule has 0 heterocycles. The van der Waals surface area contributed by atoms with Crippen molar-refractivity contribution in [3.63, 3.8) is 0 Å². The molecule has 6 heteroatoms. The van der Waals surface area contributed by atoms with Gasteiger partial charge in [0, 0.05) is 12.2 Å². The van der Waals surface area contributed by atoms with Crippen molar-refractivity contribution in [3.05, 3.63) is 60.2 Å². The zero-order chi connectivity index (χ0) is 19.6. The average Bonchev–Trinajstić information content (AvgIpc) is 2.66. The number of hydrogen-bond acceptors (Lipinski definition) is 3. The second-order valence-electron chi connectivity index (χ2n) is 6.50. The minimum Gasteiger partial charge on any atom is -0.484 e. The van der Waals surface area contributed by atoms with Crippen molar-refractivity contribution >= 4 is 17.6 Å². The molecule has 0 bridgehead atoms. The van der Waals surface area contributed by atoms with E-state index in [0.717, 1.165) is 5.56 Å². The minimum absolute atomic E-state index is 0.0335. The Hall–Kier alpha value is -3.02. The first-order chi connectivity index (χ1) is 13.0. The van der Waals surface area contributed by atoms with E-state index in [2.05, 4.69) is 29.8 Å². The number of ether oxygens (including phenoxy) is 1. The zero-order valence-corrected chi connectivity index (χ0v) is 16.0. The first-order valence-electron chi connectivity index (χ1n) is 9.11. The molecule has 3 N–H and O–H groups in total. The lowest BCUT2D eigenvalue weighted by molar-refractivity contribution is -0.122. The number of anilines is 1. The average molecular weight is 369 g/mol. The van der Waals surface area contributed by atoms with Crippen LogP contribution in [0.1, 0.15) is 32.4 Å². The highest BCUT2D eigenvalue weighted by atomic mass is 16.5. The lowest BCUT2D eigenvalue weighted by Crippen LogP contribution is -2.35. The van der Waals surface area contributed by atoms with E-state index in [-0.39, 0.29) is 30.5 Å². The SMILES string of the molecule is CCNC(=O)COc1ccc(NC(=O)N[C@@H](c2ccccc2)C(C)C)cc1. The second-order valence-corrected chi connectivity index (χ2v) is 6.50. The summed E-state index contributed by atoms with van der Waals surface area (Å²) in [6, 6.07) is 16.4. The van der Waals surface area contributed by atoms with E-state index in [0.29, 0.717) is 18.0 Å². The summed E-state index contributed by atoms with van der Waals surface area (Å²) < 4.78 is 5.39. The number of likely N-dealkylation sites (N-methyl/N-ethyl adjacent to an activating group) is 1. The molecule has 3 amide bonds. The summed E-state index contributed by atoms with van der Waals surface area (Å²) in [6.45, 7) is 6.53. The first-order valence-corrected chi connectivity index (χ1v) is 9.11. The third kappa shape index (κ3) is 6.66. The smallest absolute Gasteiger partial charge is 0.319 e. The Morgan fingerprint density at radius 1 is 1.00 bits per heavy atom. The maximum atomic E-state index is 12.4. The number of urea groups is 1. The molecular weight excluding hydrogens is 342 g/mol. The summed E-state index contributed by atoms with van der Waals surface area (Å²) in [5.41, 5.74) is 1.71. The van der Waals surface area contributed by atoms with Crippen LogP contribution in [0.15, 0.2) is 54.6 Å². The predicted molar refractivity (Wildman–Crippen MR) is 107 cm³/mol. The monoisotopic (exact) mass is 369 g/mol. The number of hydrogen-bond donors (Lipinski definition) is 3. The number of carbonyl (C=O) groups excluding carboxylic acids is 2. The van der Waals surface area contributed by atoms with Crippen molar-refractivity contribution in [2.75, 3.05) is 18.5 Å². The van der Waals surface area contributed by atoms with Gasteiger partial charge in [0.05, 0.1) is 6.04 Å². The highest BCUT2D eigenvalue weighted by molar-refractivity contribution is 5.89. The molecule has 6 nitrogen and oxygen atoms in total. The van der Waals surface area contributed by atoms with Gasteiger partial charge in [-0.2, -0.15) is 0 Å². The fourth-order valence-electron chi connectivity index (χ4n) is 2.64. The van der Waals surface area contributed by atoms with Crippen LogP contribution >= 0.6 is 0 Å². The van der Waals surface area contributed by atoms with Crippen molar-refractivity contribution in [1.29, 1.82) is 0 Å². The van der Waals surface area contributed by atoms with E-state index in [1.807, 2.05) is 37.3 Å². The molecule has 0 aliphatic heterocycles. The zero-order valence-electron chi connectivity index (χ0n) is 16.0. The molecule has 0 unspecified atom stereocenters. The van der Waals surface area contributed by atoms with E-state index >= 15 is 0 Å². The molecule has 0 fully saturated rings. The van der Waals surface area contributed by atoms with Gasteiger partial charge in [-0.1, -0.05) is 44.2 Å². The molecule has 0 spiro atoms. The highest BCUT2D eigenvalue weighted by Crippen LogP contribution is 2.22. The molecule has 0 saturated heterocycles. The van der Waals surface area contributed by atoms with E-state index in [1.54, 1.807) is 24.3 Å². The van der Waals surface area contributed by atoms with Crippen LogP contribution in [0.25, 0.3) is 0 Å². The van der Waals surface area contributed by atoms with Crippen LogP contribution in [-0.4, -0.2) is 25.1 Å². The van der Waals surface area contributed by atoms with Crippen molar-refractivity contribution in [3.8, 4) is 5.75 Å². The quantitative estimate of drug-likeness (QED) is 0.663. The highest BCUT2D eigenvalue weighted by Gasteiger charge is 2.18. The minimum atomic E-state index is -0.270. The van der Waals surface area contributed by atoms with Crippen molar-refractivity contribution in [2.24, 2.45) is 5.92 Å². The van der Waals surface area contributed by atoms with Gasteiger partial charge in [0.1, 0.15) is 5.75 Å². The van der Waals surface area contributed by atoms with Gasteiger partial charge in [0.15, 0.2) is 6.61 Å². The van der Waals surface area contributed by atoms with Crippen LogP contribution in [0.2, 0.25) is 0 Å². The van der Waals surface area contributed by atoms with Crippen LogP contribution in [-0.2, 0) is 4.79 Å². The molecule has 0 aliphatic carbocycles. The van der Waals surface area contributed by atoms with Crippen LogP contribution < -0.4 is 20.7 Å².